The van der Waals surface area contributed by atoms with Crippen LogP contribution in [0, 0.1) is 5.41 Å². The average Bonchev–Trinajstić information content (AvgIpc) is 3.31. The van der Waals surface area contributed by atoms with Crippen LogP contribution in [0.25, 0.3) is 10.2 Å². The summed E-state index contributed by atoms with van der Waals surface area (Å²) in [7, 11) is 4.21. The molecule has 0 aliphatic rings. The summed E-state index contributed by atoms with van der Waals surface area (Å²) in [5.41, 5.74) is 4.19. The number of aromatic nitrogens is 3. The monoisotopic (exact) mass is 415 g/mol. The smallest absolute Gasteiger partial charge is 0.337 e. The maximum absolute atomic E-state index is 12.0. The first-order chi connectivity index (χ1) is 13.7. The van der Waals surface area contributed by atoms with E-state index in [1.807, 2.05) is 45.6 Å². The molecule has 0 saturated heterocycles. The van der Waals surface area contributed by atoms with Gasteiger partial charge in [-0.15, -0.1) is 0 Å². The molecule has 0 bridgehead atoms. The Kier molecular flexibility index (Phi) is 6.24. The van der Waals surface area contributed by atoms with Crippen molar-refractivity contribution in [3.8, 4) is 0 Å². The Morgan fingerprint density at radius 1 is 1.34 bits per heavy atom. The molecular formula is C21H29N5O2S. The average molecular weight is 416 g/mol. The van der Waals surface area contributed by atoms with Gasteiger partial charge in [-0.3, -0.25) is 0 Å². The van der Waals surface area contributed by atoms with Crippen LogP contribution in [0.2, 0.25) is 0 Å². The predicted molar refractivity (Wildman–Crippen MR) is 117 cm³/mol. The zero-order chi connectivity index (χ0) is 21.2. The molecule has 0 amide bonds. The highest BCUT2D eigenvalue weighted by Gasteiger charge is 2.26. The Labute approximate surface area is 175 Å². The normalized spacial score (nSPS) is 14.2. The predicted octanol–water partition coefficient (Wildman–Crippen LogP) is 4.34. The molecule has 0 aliphatic heterocycles. The van der Waals surface area contributed by atoms with Gasteiger partial charge in [0.15, 0.2) is 0 Å². The van der Waals surface area contributed by atoms with Gasteiger partial charge in [0, 0.05) is 18.4 Å². The zero-order valence-electron chi connectivity index (χ0n) is 17.8. The maximum atomic E-state index is 12.0. The van der Waals surface area contributed by atoms with Crippen molar-refractivity contribution in [1.82, 2.24) is 19.4 Å². The third kappa shape index (κ3) is 4.76. The van der Waals surface area contributed by atoms with E-state index in [4.69, 9.17) is 4.84 Å². The van der Waals surface area contributed by atoms with Gasteiger partial charge in [-0.2, -0.15) is 5.48 Å². The number of hydrogen-bond acceptors (Lipinski definition) is 7. The Morgan fingerprint density at radius 2 is 2.10 bits per heavy atom. The topological polar surface area (TPSA) is 72.3 Å². The van der Waals surface area contributed by atoms with Crippen molar-refractivity contribution in [1.29, 1.82) is 0 Å². The number of imidazole rings is 1. The number of benzene rings is 1. The van der Waals surface area contributed by atoms with Gasteiger partial charge in [0.2, 0.25) is 5.13 Å². The number of carbonyl (C=O) groups excluding carboxylic acids is 1. The lowest BCUT2D eigenvalue weighted by molar-refractivity contribution is -0.149. The van der Waals surface area contributed by atoms with Crippen LogP contribution >= 0.6 is 11.3 Å². The van der Waals surface area contributed by atoms with E-state index in [0.717, 1.165) is 16.6 Å². The quantitative estimate of drug-likeness (QED) is 0.579. The first kappa shape index (κ1) is 21.3. The fourth-order valence-electron chi connectivity index (χ4n) is 3.31. The summed E-state index contributed by atoms with van der Waals surface area (Å²) in [4.78, 5) is 28.2. The summed E-state index contributed by atoms with van der Waals surface area (Å²) in [6.45, 7) is 7.64. The second kappa shape index (κ2) is 8.51. The van der Waals surface area contributed by atoms with Crippen LogP contribution in [0.4, 0.5) is 5.13 Å². The SMILES string of the molecule is CCC(C(c1ccc2nc(NOC(=O)C(C)(C)C)sc2c1)n1ccnc1)N(C)C. The summed E-state index contributed by atoms with van der Waals surface area (Å²) in [5.74, 6) is -0.325. The van der Waals surface area contributed by atoms with E-state index in [1.54, 1.807) is 0 Å². The van der Waals surface area contributed by atoms with Crippen molar-refractivity contribution in [2.75, 3.05) is 19.6 Å². The molecule has 3 rings (SSSR count). The molecule has 1 N–H and O–H groups in total. The third-order valence-corrected chi connectivity index (χ3v) is 5.80. The van der Waals surface area contributed by atoms with Crippen molar-refractivity contribution in [3.05, 3.63) is 42.5 Å². The summed E-state index contributed by atoms with van der Waals surface area (Å²) < 4.78 is 3.19. The zero-order valence-corrected chi connectivity index (χ0v) is 18.7. The Hall–Kier alpha value is -2.45. The van der Waals surface area contributed by atoms with E-state index in [1.165, 1.54) is 16.9 Å². The van der Waals surface area contributed by atoms with Crippen molar-refractivity contribution < 1.29 is 9.63 Å². The Bertz CT molecular complexity index is 959. The number of nitrogens with zero attached hydrogens (tertiary/aromatic N) is 4. The molecule has 3 aromatic rings. The molecule has 2 aromatic heterocycles. The summed E-state index contributed by atoms with van der Waals surface area (Å²) in [6.07, 6.45) is 6.69. The van der Waals surface area contributed by atoms with Gasteiger partial charge in [-0.25, -0.2) is 14.8 Å². The number of nitrogens with one attached hydrogen (secondary N) is 1. The second-order valence-electron chi connectivity index (χ2n) is 8.38. The van der Waals surface area contributed by atoms with Crippen LogP contribution in [-0.2, 0) is 9.63 Å². The van der Waals surface area contributed by atoms with Gasteiger partial charge in [0.25, 0.3) is 0 Å². The standard InChI is InChI=1S/C21H29N5O2S/c1-7-16(25(5)6)18(26-11-10-22-13-26)14-8-9-15-17(12-14)29-20(23-15)24-28-19(27)21(2,3)4/h8-13,16,18H,7H2,1-6H3,(H,23,24). The van der Waals surface area contributed by atoms with Gasteiger partial charge in [-0.05, 0) is 59.0 Å². The minimum Gasteiger partial charge on any atom is -0.341 e. The number of carbonyl (C=O) groups is 1. The lowest BCUT2D eigenvalue weighted by Gasteiger charge is -2.33. The fourth-order valence-corrected chi connectivity index (χ4v) is 4.16. The molecule has 0 spiro atoms. The Morgan fingerprint density at radius 3 is 2.69 bits per heavy atom. The van der Waals surface area contributed by atoms with Crippen LogP contribution in [0.1, 0.15) is 45.7 Å². The van der Waals surface area contributed by atoms with Gasteiger partial charge in [0.1, 0.15) is 0 Å². The largest absolute Gasteiger partial charge is 0.341 e. The van der Waals surface area contributed by atoms with Crippen molar-refractivity contribution >= 4 is 32.7 Å². The highest BCUT2D eigenvalue weighted by Crippen LogP contribution is 2.33. The molecule has 2 unspecified atom stereocenters. The minimum atomic E-state index is -0.573. The lowest BCUT2D eigenvalue weighted by atomic mass is 9.96. The molecular weight excluding hydrogens is 386 g/mol. The van der Waals surface area contributed by atoms with Crippen LogP contribution in [-0.4, -0.2) is 45.5 Å². The highest BCUT2D eigenvalue weighted by atomic mass is 32.1. The summed E-state index contributed by atoms with van der Waals surface area (Å²) in [5, 5.41) is 0.564. The molecule has 8 heteroatoms. The van der Waals surface area contributed by atoms with Gasteiger partial charge >= 0.3 is 5.97 Å². The van der Waals surface area contributed by atoms with Gasteiger partial charge < -0.3 is 14.3 Å². The first-order valence-electron chi connectivity index (χ1n) is 9.72. The molecule has 29 heavy (non-hydrogen) atoms. The van der Waals surface area contributed by atoms with Gasteiger partial charge in [-0.1, -0.05) is 24.3 Å². The van der Waals surface area contributed by atoms with Gasteiger partial charge in [0.05, 0.1) is 28.0 Å². The van der Waals surface area contributed by atoms with Crippen LogP contribution in [0.15, 0.2) is 36.9 Å². The first-order valence-corrected chi connectivity index (χ1v) is 10.5. The Balaban J connectivity index is 1.90. The number of thiazole rings is 1. The molecule has 0 aliphatic carbocycles. The van der Waals surface area contributed by atoms with E-state index < -0.39 is 5.41 Å². The number of anilines is 1. The number of fused-ring (bicyclic) bond motifs is 1. The number of likely N-dealkylation sites (N-methyl/N-ethyl adjacent to an activating group) is 1. The maximum Gasteiger partial charge on any atom is 0.337 e. The molecule has 0 radical (unpaired) electrons. The van der Waals surface area contributed by atoms with E-state index in [-0.39, 0.29) is 12.0 Å². The molecule has 2 atom stereocenters. The van der Waals surface area contributed by atoms with Crippen LogP contribution in [0.5, 0.6) is 0 Å². The van der Waals surface area contributed by atoms with E-state index in [2.05, 4.69) is 58.1 Å². The van der Waals surface area contributed by atoms with E-state index >= 15 is 0 Å². The van der Waals surface area contributed by atoms with E-state index in [0.29, 0.717) is 11.2 Å². The van der Waals surface area contributed by atoms with Crippen LogP contribution in [0.3, 0.4) is 0 Å². The van der Waals surface area contributed by atoms with Crippen molar-refractivity contribution in [2.24, 2.45) is 5.41 Å². The lowest BCUT2D eigenvalue weighted by Crippen LogP contribution is -2.36. The highest BCUT2D eigenvalue weighted by molar-refractivity contribution is 7.22. The van der Waals surface area contributed by atoms with Crippen LogP contribution < -0.4 is 5.48 Å². The van der Waals surface area contributed by atoms with Crippen molar-refractivity contribution in [2.45, 2.75) is 46.2 Å². The molecule has 2 heterocycles. The third-order valence-electron chi connectivity index (χ3n) is 4.89. The molecule has 156 valence electrons. The molecule has 0 fully saturated rings. The summed E-state index contributed by atoms with van der Waals surface area (Å²) >= 11 is 1.47. The molecule has 0 saturated carbocycles. The summed E-state index contributed by atoms with van der Waals surface area (Å²) in [6, 6.07) is 6.76. The van der Waals surface area contributed by atoms with E-state index in [9.17, 15) is 4.79 Å². The van der Waals surface area contributed by atoms with Crippen molar-refractivity contribution in [3.63, 3.8) is 0 Å². The molecule has 7 nitrogen and oxygen atoms in total. The fraction of sp³-hybridized carbons (Fsp3) is 0.476. The molecule has 1 aromatic carbocycles. The number of rotatable bonds is 7. The second-order valence-corrected chi connectivity index (χ2v) is 9.41. The number of hydrogen-bond donors (Lipinski definition) is 1. The minimum absolute atomic E-state index is 0.138.